The van der Waals surface area contributed by atoms with Crippen molar-refractivity contribution in [3.05, 3.63) is 66.5 Å². The van der Waals surface area contributed by atoms with Gasteiger partial charge >= 0.3 is 0 Å². The fraction of sp³-hybridized carbons (Fsp3) is 0.417. The summed E-state index contributed by atoms with van der Waals surface area (Å²) in [5.74, 6) is 1.58. The fourth-order valence-electron chi connectivity index (χ4n) is 4.17. The van der Waals surface area contributed by atoms with Crippen LogP contribution in [0.3, 0.4) is 0 Å². The molecule has 0 saturated carbocycles. The van der Waals surface area contributed by atoms with Gasteiger partial charge in [0.2, 0.25) is 0 Å². The van der Waals surface area contributed by atoms with Gasteiger partial charge in [-0.3, -0.25) is 9.88 Å². The Kier molecular flexibility index (Phi) is 5.77. The molecule has 0 amide bonds. The van der Waals surface area contributed by atoms with Crippen molar-refractivity contribution >= 4 is 0 Å². The summed E-state index contributed by atoms with van der Waals surface area (Å²) in [5.41, 5.74) is 3.27. The molecule has 1 atom stereocenters. The van der Waals surface area contributed by atoms with E-state index in [9.17, 15) is 0 Å². The van der Waals surface area contributed by atoms with E-state index in [4.69, 9.17) is 9.47 Å². The summed E-state index contributed by atoms with van der Waals surface area (Å²) in [6.07, 6.45) is 7.26. The zero-order valence-electron chi connectivity index (χ0n) is 17.2. The molecular formula is C24H28N4O2. The molecule has 3 aromatic rings. The third-order valence-corrected chi connectivity index (χ3v) is 6.01. The molecule has 2 fully saturated rings. The quantitative estimate of drug-likeness (QED) is 0.528. The number of hydrogen-bond donors (Lipinski definition) is 0. The van der Waals surface area contributed by atoms with Gasteiger partial charge in [-0.1, -0.05) is 30.3 Å². The average Bonchev–Trinajstić information content (AvgIpc) is 3.52. The number of pyridine rings is 1. The summed E-state index contributed by atoms with van der Waals surface area (Å²) in [6.45, 7) is 4.88. The van der Waals surface area contributed by atoms with Crippen molar-refractivity contribution in [2.45, 2.75) is 32.0 Å². The molecule has 6 nitrogen and oxygen atoms in total. The number of benzene rings is 1. The van der Waals surface area contributed by atoms with E-state index in [2.05, 4.69) is 45.3 Å². The first-order chi connectivity index (χ1) is 14.8. The predicted molar refractivity (Wildman–Crippen MR) is 115 cm³/mol. The third-order valence-electron chi connectivity index (χ3n) is 6.01. The molecular weight excluding hydrogens is 376 g/mol. The Morgan fingerprint density at radius 2 is 1.87 bits per heavy atom. The summed E-state index contributed by atoms with van der Waals surface area (Å²) >= 11 is 0. The van der Waals surface area contributed by atoms with E-state index in [0.29, 0.717) is 0 Å². The van der Waals surface area contributed by atoms with Gasteiger partial charge in [-0.2, -0.15) is 5.10 Å². The minimum absolute atomic E-state index is 0.0619. The lowest BCUT2D eigenvalue weighted by Gasteiger charge is -2.32. The minimum atomic E-state index is 0.0619. The molecule has 0 radical (unpaired) electrons. The highest BCUT2D eigenvalue weighted by Gasteiger charge is 2.28. The summed E-state index contributed by atoms with van der Waals surface area (Å²) in [7, 11) is 0. The number of nitrogens with zero attached hydrogens (tertiary/aromatic N) is 4. The van der Waals surface area contributed by atoms with Crippen LogP contribution >= 0.6 is 0 Å². The molecule has 1 unspecified atom stereocenters. The van der Waals surface area contributed by atoms with Gasteiger partial charge in [-0.15, -0.1) is 0 Å². The summed E-state index contributed by atoms with van der Waals surface area (Å²) < 4.78 is 13.2. The van der Waals surface area contributed by atoms with Crippen LogP contribution in [0.2, 0.25) is 0 Å². The Morgan fingerprint density at radius 3 is 2.60 bits per heavy atom. The molecule has 5 rings (SSSR count). The zero-order valence-corrected chi connectivity index (χ0v) is 17.2. The van der Waals surface area contributed by atoms with Crippen LogP contribution in [-0.2, 0) is 11.3 Å². The van der Waals surface area contributed by atoms with Crippen LogP contribution < -0.4 is 4.74 Å². The number of likely N-dealkylation sites (tertiary alicyclic amines) is 1. The lowest BCUT2D eigenvalue weighted by atomic mass is 9.93. The van der Waals surface area contributed by atoms with Crippen molar-refractivity contribution in [2.75, 3.05) is 26.3 Å². The zero-order chi connectivity index (χ0) is 20.2. The molecule has 0 N–H and O–H groups in total. The van der Waals surface area contributed by atoms with Crippen LogP contribution in [0, 0.1) is 5.92 Å². The van der Waals surface area contributed by atoms with Crippen molar-refractivity contribution in [1.29, 1.82) is 0 Å². The molecule has 2 aromatic heterocycles. The number of rotatable bonds is 8. The third kappa shape index (κ3) is 4.71. The van der Waals surface area contributed by atoms with Crippen molar-refractivity contribution in [2.24, 2.45) is 5.92 Å². The maximum Gasteiger partial charge on any atom is 0.174 e. The Labute approximate surface area is 177 Å². The number of aromatic nitrogens is 3. The van der Waals surface area contributed by atoms with Gasteiger partial charge in [0.15, 0.2) is 6.23 Å². The number of ether oxygens (including phenoxy) is 2. The van der Waals surface area contributed by atoms with Crippen LogP contribution in [0.1, 0.15) is 31.1 Å². The van der Waals surface area contributed by atoms with Crippen LogP contribution in [-0.4, -0.2) is 46.0 Å². The monoisotopic (exact) mass is 404 g/mol. The minimum Gasteiger partial charge on any atom is -0.492 e. The highest BCUT2D eigenvalue weighted by molar-refractivity contribution is 5.54. The standard InChI is InChI=1S/C24H28N4O2/c1-2-4-20(5-3-1)17-27-13-9-19(10-14-27)11-15-29-21-6-7-22(25-16-21)23-8-12-26-28(23)24-18-30-24/h1-8,12,16,19,24H,9-11,13-15,17-18H2. The first-order valence-electron chi connectivity index (χ1n) is 10.9. The second kappa shape index (κ2) is 8.98. The molecule has 0 aliphatic carbocycles. The SMILES string of the molecule is c1ccc(CN2CCC(CCOc3ccc(-c4ccnn4C4CO4)nc3)CC2)cc1. The van der Waals surface area contributed by atoms with E-state index in [0.717, 1.165) is 49.2 Å². The Balaban J connectivity index is 1.05. The number of epoxide rings is 1. The maximum atomic E-state index is 5.97. The molecule has 2 aliphatic heterocycles. The summed E-state index contributed by atoms with van der Waals surface area (Å²) in [6, 6.07) is 16.7. The second-order valence-electron chi connectivity index (χ2n) is 8.17. The molecule has 30 heavy (non-hydrogen) atoms. The molecule has 156 valence electrons. The van der Waals surface area contributed by atoms with E-state index >= 15 is 0 Å². The van der Waals surface area contributed by atoms with Crippen LogP contribution in [0.25, 0.3) is 11.4 Å². The van der Waals surface area contributed by atoms with Gasteiger partial charge in [0.1, 0.15) is 5.75 Å². The van der Waals surface area contributed by atoms with Crippen molar-refractivity contribution in [3.63, 3.8) is 0 Å². The van der Waals surface area contributed by atoms with Gasteiger partial charge in [0.05, 0.1) is 30.8 Å². The van der Waals surface area contributed by atoms with Crippen molar-refractivity contribution < 1.29 is 9.47 Å². The van der Waals surface area contributed by atoms with E-state index in [1.54, 1.807) is 6.20 Å². The molecule has 1 aromatic carbocycles. The van der Waals surface area contributed by atoms with Crippen LogP contribution in [0.4, 0.5) is 0 Å². The second-order valence-corrected chi connectivity index (χ2v) is 8.17. The molecule has 6 heteroatoms. The maximum absolute atomic E-state index is 5.97. The van der Waals surface area contributed by atoms with Crippen molar-refractivity contribution in [1.82, 2.24) is 19.7 Å². The lowest BCUT2D eigenvalue weighted by Crippen LogP contribution is -2.33. The topological polar surface area (TPSA) is 55.7 Å². The van der Waals surface area contributed by atoms with Crippen LogP contribution in [0.15, 0.2) is 60.9 Å². The Hall–Kier alpha value is -2.70. The Morgan fingerprint density at radius 1 is 1.03 bits per heavy atom. The molecule has 2 saturated heterocycles. The highest BCUT2D eigenvalue weighted by Crippen LogP contribution is 2.29. The van der Waals surface area contributed by atoms with Crippen LogP contribution in [0.5, 0.6) is 5.75 Å². The van der Waals surface area contributed by atoms with Gasteiger partial charge in [0, 0.05) is 12.7 Å². The van der Waals surface area contributed by atoms with E-state index in [1.165, 1.54) is 31.5 Å². The summed E-state index contributed by atoms with van der Waals surface area (Å²) in [4.78, 5) is 7.12. The highest BCUT2D eigenvalue weighted by atomic mass is 16.6. The van der Waals surface area contributed by atoms with E-state index < -0.39 is 0 Å². The van der Waals surface area contributed by atoms with E-state index in [-0.39, 0.29) is 6.23 Å². The van der Waals surface area contributed by atoms with Gasteiger partial charge in [-0.25, -0.2) is 4.68 Å². The summed E-state index contributed by atoms with van der Waals surface area (Å²) in [5, 5.41) is 4.32. The van der Waals surface area contributed by atoms with Gasteiger partial charge in [-0.05, 0) is 62.0 Å². The number of hydrogen-bond acceptors (Lipinski definition) is 5. The van der Waals surface area contributed by atoms with Crippen molar-refractivity contribution in [3.8, 4) is 17.1 Å². The molecule has 0 spiro atoms. The van der Waals surface area contributed by atoms with E-state index in [1.807, 2.05) is 29.1 Å². The lowest BCUT2D eigenvalue weighted by molar-refractivity contribution is 0.157. The average molecular weight is 405 g/mol. The number of piperidine rings is 1. The largest absolute Gasteiger partial charge is 0.492 e. The molecule has 2 aliphatic rings. The fourth-order valence-corrected chi connectivity index (χ4v) is 4.17. The first-order valence-corrected chi connectivity index (χ1v) is 10.9. The Bertz CT molecular complexity index is 929. The van der Waals surface area contributed by atoms with Gasteiger partial charge < -0.3 is 9.47 Å². The normalized spacial score (nSPS) is 19.7. The smallest absolute Gasteiger partial charge is 0.174 e. The molecule has 4 heterocycles. The predicted octanol–water partition coefficient (Wildman–Crippen LogP) is 4.16. The van der Waals surface area contributed by atoms with Gasteiger partial charge in [0.25, 0.3) is 0 Å². The molecule has 0 bridgehead atoms. The first kappa shape index (κ1) is 19.3.